The maximum atomic E-state index is 3.66. The van der Waals surface area contributed by atoms with Gasteiger partial charge in [0.1, 0.15) is 0 Å². The Kier molecular flexibility index (Phi) is 5.79. The Morgan fingerprint density at radius 1 is 1.12 bits per heavy atom. The fourth-order valence-electron chi connectivity index (χ4n) is 3.15. The highest BCUT2D eigenvalue weighted by Crippen LogP contribution is 2.27. The van der Waals surface area contributed by atoms with E-state index in [0.717, 1.165) is 12.0 Å². The number of hydrogen-bond acceptors (Lipinski definition) is 2. The first-order valence-electron chi connectivity index (χ1n) is 7.84. The van der Waals surface area contributed by atoms with Gasteiger partial charge < -0.3 is 10.2 Å². The van der Waals surface area contributed by atoms with E-state index in [0.29, 0.717) is 0 Å². The van der Waals surface area contributed by atoms with Crippen molar-refractivity contribution in [3.8, 4) is 0 Å². The van der Waals surface area contributed by atoms with Crippen molar-refractivity contribution in [3.05, 3.63) is 0 Å². The second-order valence-corrected chi connectivity index (χ2v) is 5.98. The largest absolute Gasteiger partial charge is 0.314 e. The topological polar surface area (TPSA) is 15.3 Å². The molecule has 0 aromatic heterocycles. The lowest BCUT2D eigenvalue weighted by atomic mass is 9.85. The minimum absolute atomic E-state index is 0.825. The summed E-state index contributed by atoms with van der Waals surface area (Å²) in [5, 5.41) is 3.66. The third-order valence-corrected chi connectivity index (χ3v) is 4.63. The Morgan fingerprint density at radius 2 is 2.00 bits per heavy atom. The predicted octanol–water partition coefficient (Wildman–Crippen LogP) is 3.03. The van der Waals surface area contributed by atoms with Crippen molar-refractivity contribution in [1.82, 2.24) is 10.2 Å². The minimum Gasteiger partial charge on any atom is -0.314 e. The molecule has 100 valence electrons. The van der Waals surface area contributed by atoms with Crippen LogP contribution in [0.2, 0.25) is 0 Å². The summed E-state index contributed by atoms with van der Waals surface area (Å²) >= 11 is 0. The monoisotopic (exact) mass is 238 g/mol. The summed E-state index contributed by atoms with van der Waals surface area (Å²) in [4.78, 5) is 2.67. The van der Waals surface area contributed by atoms with E-state index >= 15 is 0 Å². The molecule has 0 bridgehead atoms. The summed E-state index contributed by atoms with van der Waals surface area (Å²) in [6, 6.07) is 0.825. The van der Waals surface area contributed by atoms with E-state index in [1.54, 1.807) is 0 Å². The molecule has 17 heavy (non-hydrogen) atoms. The van der Waals surface area contributed by atoms with Crippen LogP contribution in [0.5, 0.6) is 0 Å². The van der Waals surface area contributed by atoms with Crippen molar-refractivity contribution in [1.29, 1.82) is 0 Å². The Hall–Kier alpha value is -0.0800. The molecule has 1 aliphatic heterocycles. The fourth-order valence-corrected chi connectivity index (χ4v) is 3.15. The summed E-state index contributed by atoms with van der Waals surface area (Å²) in [6.07, 6.45) is 11.5. The highest BCUT2D eigenvalue weighted by atomic mass is 15.1. The summed E-state index contributed by atoms with van der Waals surface area (Å²) in [7, 11) is 0. The average Bonchev–Trinajstić information content (AvgIpc) is 2.32. The van der Waals surface area contributed by atoms with Crippen LogP contribution in [-0.2, 0) is 0 Å². The van der Waals surface area contributed by atoms with Crippen LogP contribution in [0.15, 0.2) is 0 Å². The van der Waals surface area contributed by atoms with Crippen LogP contribution in [0, 0.1) is 5.92 Å². The van der Waals surface area contributed by atoms with Gasteiger partial charge in [0.05, 0.1) is 0 Å². The van der Waals surface area contributed by atoms with Gasteiger partial charge in [0.25, 0.3) is 0 Å². The summed E-state index contributed by atoms with van der Waals surface area (Å²) < 4.78 is 0. The number of nitrogens with zero attached hydrogens (tertiary/aromatic N) is 1. The first kappa shape index (κ1) is 13.4. The van der Waals surface area contributed by atoms with Crippen LogP contribution in [0.1, 0.15) is 58.3 Å². The second-order valence-electron chi connectivity index (χ2n) is 5.98. The van der Waals surface area contributed by atoms with Crippen LogP contribution >= 0.6 is 0 Å². The lowest BCUT2D eigenvalue weighted by molar-refractivity contribution is 0.179. The van der Waals surface area contributed by atoms with Gasteiger partial charge in [0.2, 0.25) is 0 Å². The molecule has 1 N–H and O–H groups in total. The van der Waals surface area contributed by atoms with Gasteiger partial charge >= 0.3 is 0 Å². The van der Waals surface area contributed by atoms with Gasteiger partial charge in [0.15, 0.2) is 0 Å². The van der Waals surface area contributed by atoms with Crippen LogP contribution in [0.4, 0.5) is 0 Å². The highest BCUT2D eigenvalue weighted by Gasteiger charge is 2.20. The smallest absolute Gasteiger partial charge is 0.00675 e. The Balaban J connectivity index is 1.55. The van der Waals surface area contributed by atoms with E-state index in [4.69, 9.17) is 0 Å². The van der Waals surface area contributed by atoms with Gasteiger partial charge in [0, 0.05) is 12.6 Å². The van der Waals surface area contributed by atoms with Crippen molar-refractivity contribution >= 4 is 0 Å². The normalized spacial score (nSPS) is 26.1. The Morgan fingerprint density at radius 3 is 2.59 bits per heavy atom. The van der Waals surface area contributed by atoms with E-state index in [1.807, 2.05) is 0 Å². The zero-order chi connectivity index (χ0) is 11.9. The quantitative estimate of drug-likeness (QED) is 0.733. The molecule has 2 aliphatic rings. The summed E-state index contributed by atoms with van der Waals surface area (Å²) in [5.74, 6) is 1.03. The SMILES string of the molecule is CCN(CCCC1CCCCN1)CC1CCC1. The van der Waals surface area contributed by atoms with Crippen molar-refractivity contribution < 1.29 is 0 Å². The molecule has 2 fully saturated rings. The number of nitrogens with one attached hydrogen (secondary N) is 1. The summed E-state index contributed by atoms with van der Waals surface area (Å²) in [5.41, 5.74) is 0. The zero-order valence-corrected chi connectivity index (χ0v) is 11.6. The Bertz CT molecular complexity index is 195. The molecule has 1 aliphatic carbocycles. The molecule has 1 unspecified atom stereocenters. The third kappa shape index (κ3) is 4.59. The first-order valence-corrected chi connectivity index (χ1v) is 7.84. The molecule has 0 amide bonds. The molecule has 0 radical (unpaired) electrons. The number of piperidine rings is 1. The van der Waals surface area contributed by atoms with Crippen molar-refractivity contribution in [2.24, 2.45) is 5.92 Å². The van der Waals surface area contributed by atoms with Crippen molar-refractivity contribution in [3.63, 3.8) is 0 Å². The summed E-state index contributed by atoms with van der Waals surface area (Å²) in [6.45, 7) is 7.51. The van der Waals surface area contributed by atoms with Gasteiger partial charge in [-0.15, -0.1) is 0 Å². The maximum Gasteiger partial charge on any atom is 0.00675 e. The molecule has 1 saturated heterocycles. The Labute approximate surface area is 107 Å². The van der Waals surface area contributed by atoms with E-state index in [1.165, 1.54) is 77.5 Å². The first-order chi connectivity index (χ1) is 8.38. The van der Waals surface area contributed by atoms with E-state index in [2.05, 4.69) is 17.1 Å². The van der Waals surface area contributed by atoms with Crippen LogP contribution in [0.25, 0.3) is 0 Å². The molecular formula is C15H30N2. The van der Waals surface area contributed by atoms with Crippen LogP contribution in [-0.4, -0.2) is 37.1 Å². The van der Waals surface area contributed by atoms with Crippen molar-refractivity contribution in [2.45, 2.75) is 64.3 Å². The maximum absolute atomic E-state index is 3.66. The molecule has 2 nitrogen and oxygen atoms in total. The van der Waals surface area contributed by atoms with Gasteiger partial charge in [-0.2, -0.15) is 0 Å². The van der Waals surface area contributed by atoms with Gasteiger partial charge in [-0.1, -0.05) is 19.8 Å². The second kappa shape index (κ2) is 7.38. The molecule has 2 heteroatoms. The average molecular weight is 238 g/mol. The third-order valence-electron chi connectivity index (χ3n) is 4.63. The zero-order valence-electron chi connectivity index (χ0n) is 11.6. The van der Waals surface area contributed by atoms with Crippen molar-refractivity contribution in [2.75, 3.05) is 26.2 Å². The predicted molar refractivity (Wildman–Crippen MR) is 74.3 cm³/mol. The highest BCUT2D eigenvalue weighted by molar-refractivity contribution is 4.75. The molecule has 1 atom stereocenters. The molecular weight excluding hydrogens is 208 g/mol. The van der Waals surface area contributed by atoms with Gasteiger partial charge in [-0.3, -0.25) is 0 Å². The number of hydrogen-bond donors (Lipinski definition) is 1. The van der Waals surface area contributed by atoms with E-state index < -0.39 is 0 Å². The van der Waals surface area contributed by atoms with Gasteiger partial charge in [-0.25, -0.2) is 0 Å². The standard InChI is InChI=1S/C15H30N2/c1-2-17(13-14-7-5-8-14)12-6-10-15-9-3-4-11-16-15/h14-16H,2-13H2,1H3. The lowest BCUT2D eigenvalue weighted by Gasteiger charge is -2.32. The van der Waals surface area contributed by atoms with Crippen LogP contribution < -0.4 is 5.32 Å². The molecule has 1 heterocycles. The number of rotatable bonds is 7. The molecule has 0 aromatic carbocycles. The van der Waals surface area contributed by atoms with E-state index in [9.17, 15) is 0 Å². The molecule has 2 rings (SSSR count). The molecule has 0 aromatic rings. The van der Waals surface area contributed by atoms with Gasteiger partial charge in [-0.05, 0) is 64.1 Å². The van der Waals surface area contributed by atoms with Crippen LogP contribution in [0.3, 0.4) is 0 Å². The van der Waals surface area contributed by atoms with E-state index in [-0.39, 0.29) is 0 Å². The molecule has 1 saturated carbocycles. The minimum atomic E-state index is 0.825. The lowest BCUT2D eigenvalue weighted by Crippen LogP contribution is -2.36. The molecule has 0 spiro atoms. The fraction of sp³-hybridized carbons (Fsp3) is 1.00.